The lowest BCUT2D eigenvalue weighted by Crippen LogP contribution is -2.13. The topological polar surface area (TPSA) is 97.1 Å². The number of amides is 1. The van der Waals surface area contributed by atoms with Gasteiger partial charge in [0.15, 0.2) is 12.1 Å². The summed E-state index contributed by atoms with van der Waals surface area (Å²) in [6.45, 7) is 0.753. The fourth-order valence-corrected chi connectivity index (χ4v) is 3.79. The molecule has 0 aliphatic carbocycles. The number of carbonyl (C=O) groups is 2. The number of phenols is 1. The molecule has 2 heterocycles. The predicted octanol–water partition coefficient (Wildman–Crippen LogP) is 3.90. The Morgan fingerprint density at radius 1 is 1.16 bits per heavy atom. The summed E-state index contributed by atoms with van der Waals surface area (Å²) in [5.74, 6) is 0.607. The largest absolute Gasteiger partial charge is 0.507 e. The Morgan fingerprint density at radius 2 is 2.03 bits per heavy atom. The van der Waals surface area contributed by atoms with Gasteiger partial charge in [-0.15, -0.1) is 10.2 Å². The van der Waals surface area contributed by atoms with E-state index in [1.165, 1.54) is 18.2 Å². The van der Waals surface area contributed by atoms with Gasteiger partial charge in [-0.3, -0.25) is 9.59 Å². The maximum atomic E-state index is 14.6. The molecule has 0 bridgehead atoms. The van der Waals surface area contributed by atoms with Crippen molar-refractivity contribution in [2.45, 2.75) is 45.1 Å². The minimum atomic E-state index is -0.414. The summed E-state index contributed by atoms with van der Waals surface area (Å²) in [5.41, 5.74) is 1.74. The summed E-state index contributed by atoms with van der Waals surface area (Å²) in [6, 6.07) is 9.08. The molecule has 0 radical (unpaired) electrons. The lowest BCUT2D eigenvalue weighted by molar-refractivity contribution is -0.116. The van der Waals surface area contributed by atoms with E-state index in [0.717, 1.165) is 43.6 Å². The summed E-state index contributed by atoms with van der Waals surface area (Å²) in [7, 11) is 0. The maximum Gasteiger partial charge on any atom is 0.224 e. The second-order valence-electron chi connectivity index (χ2n) is 7.66. The van der Waals surface area contributed by atoms with Crippen LogP contribution in [0.25, 0.3) is 11.4 Å². The highest BCUT2D eigenvalue weighted by Crippen LogP contribution is 2.27. The van der Waals surface area contributed by atoms with Crippen LogP contribution >= 0.6 is 0 Å². The first kappa shape index (κ1) is 20.7. The molecule has 1 amide bonds. The molecule has 3 aromatic rings. The van der Waals surface area contributed by atoms with Gasteiger partial charge in [0.05, 0.1) is 11.1 Å². The Morgan fingerprint density at radius 3 is 2.87 bits per heavy atom. The minimum Gasteiger partial charge on any atom is -0.507 e. The van der Waals surface area contributed by atoms with Gasteiger partial charge in [-0.05, 0) is 55.2 Å². The normalized spacial score (nSPS) is 13.3. The molecule has 0 atom stereocenters. The zero-order chi connectivity index (χ0) is 21.8. The van der Waals surface area contributed by atoms with Crippen LogP contribution in [0.2, 0.25) is 0 Å². The molecule has 1 aliphatic rings. The van der Waals surface area contributed by atoms with Crippen LogP contribution in [0.15, 0.2) is 36.4 Å². The van der Waals surface area contributed by atoms with Crippen LogP contribution in [-0.4, -0.2) is 32.1 Å². The zero-order valence-electron chi connectivity index (χ0n) is 17.0. The number of halogens is 1. The third-order valence-corrected chi connectivity index (χ3v) is 5.46. The van der Waals surface area contributed by atoms with Crippen molar-refractivity contribution in [1.82, 2.24) is 14.8 Å². The molecule has 1 aliphatic heterocycles. The number of hydrogen-bond donors (Lipinski definition) is 2. The van der Waals surface area contributed by atoms with Gasteiger partial charge in [0, 0.05) is 25.1 Å². The molecular weight excluding hydrogens is 399 g/mol. The van der Waals surface area contributed by atoms with Gasteiger partial charge in [0.1, 0.15) is 17.4 Å². The van der Waals surface area contributed by atoms with Gasteiger partial charge in [-0.2, -0.15) is 0 Å². The number of aryl methyl sites for hydroxylation is 2. The van der Waals surface area contributed by atoms with Crippen molar-refractivity contribution < 1.29 is 19.1 Å². The summed E-state index contributed by atoms with van der Waals surface area (Å²) >= 11 is 0. The first-order valence-corrected chi connectivity index (χ1v) is 10.3. The number of hydrogen-bond acceptors (Lipinski definition) is 5. The van der Waals surface area contributed by atoms with Gasteiger partial charge >= 0.3 is 0 Å². The minimum absolute atomic E-state index is 0.0894. The second kappa shape index (κ2) is 9.07. The Balaban J connectivity index is 1.47. The molecule has 7 nitrogen and oxygen atoms in total. The Hall–Kier alpha value is -3.55. The van der Waals surface area contributed by atoms with E-state index in [2.05, 4.69) is 15.5 Å². The molecule has 8 heteroatoms. The van der Waals surface area contributed by atoms with E-state index in [9.17, 15) is 19.1 Å². The van der Waals surface area contributed by atoms with Gasteiger partial charge < -0.3 is 15.0 Å². The van der Waals surface area contributed by atoms with E-state index in [-0.39, 0.29) is 23.6 Å². The maximum absolute atomic E-state index is 14.6. The number of anilines is 1. The number of aldehydes is 1. The highest BCUT2D eigenvalue weighted by molar-refractivity contribution is 5.91. The van der Waals surface area contributed by atoms with Crippen molar-refractivity contribution in [1.29, 1.82) is 0 Å². The number of nitrogens with zero attached hydrogens (tertiary/aromatic N) is 3. The molecule has 2 aromatic carbocycles. The first-order valence-electron chi connectivity index (χ1n) is 10.3. The van der Waals surface area contributed by atoms with Crippen molar-refractivity contribution >= 4 is 17.9 Å². The quantitative estimate of drug-likeness (QED) is 0.587. The van der Waals surface area contributed by atoms with Crippen LogP contribution < -0.4 is 5.32 Å². The van der Waals surface area contributed by atoms with E-state index < -0.39 is 5.82 Å². The summed E-state index contributed by atoms with van der Waals surface area (Å²) in [5, 5.41) is 20.8. The molecule has 0 unspecified atom stereocenters. The second-order valence-corrected chi connectivity index (χ2v) is 7.66. The third-order valence-electron chi connectivity index (χ3n) is 5.46. The molecule has 31 heavy (non-hydrogen) atoms. The van der Waals surface area contributed by atoms with Gasteiger partial charge in [0.25, 0.3) is 0 Å². The molecule has 0 saturated carbocycles. The van der Waals surface area contributed by atoms with E-state index in [1.54, 1.807) is 18.2 Å². The monoisotopic (exact) mass is 422 g/mol. The Kier molecular flexibility index (Phi) is 6.06. The molecule has 160 valence electrons. The van der Waals surface area contributed by atoms with Crippen LogP contribution in [0.3, 0.4) is 0 Å². The van der Waals surface area contributed by atoms with E-state index >= 15 is 0 Å². The number of rotatable bonds is 6. The molecule has 1 aromatic heterocycles. The van der Waals surface area contributed by atoms with Crippen molar-refractivity contribution in [2.75, 3.05) is 5.32 Å². The van der Waals surface area contributed by atoms with Gasteiger partial charge in [0.2, 0.25) is 5.91 Å². The molecular formula is C23H23FN4O3. The van der Waals surface area contributed by atoms with Crippen molar-refractivity contribution in [3.63, 3.8) is 0 Å². The predicted molar refractivity (Wildman–Crippen MR) is 113 cm³/mol. The number of carbonyl (C=O) groups excluding carboxylic acids is 2. The number of phenolic OH excluding ortho intramolecular Hbond substituents is 1. The molecule has 2 N–H and O–H groups in total. The first-order chi connectivity index (χ1) is 15.0. The fraction of sp³-hybridized carbons (Fsp3) is 0.304. The zero-order valence-corrected chi connectivity index (χ0v) is 17.0. The molecule has 4 rings (SSSR count). The summed E-state index contributed by atoms with van der Waals surface area (Å²) < 4.78 is 16.5. The number of aromatic nitrogens is 3. The Bertz CT molecular complexity index is 1130. The summed E-state index contributed by atoms with van der Waals surface area (Å²) in [4.78, 5) is 23.4. The average Bonchev–Trinajstić information content (AvgIpc) is 3.02. The SMILES string of the molecule is O=Cc1cc(CCC(=O)Nc2ccc(F)c(-c3nnc4n3CCCCC4)c2)ccc1O. The Labute approximate surface area is 178 Å². The lowest BCUT2D eigenvalue weighted by Gasteiger charge is -2.11. The summed E-state index contributed by atoms with van der Waals surface area (Å²) in [6.07, 6.45) is 5.13. The molecule has 0 saturated heterocycles. The highest BCUT2D eigenvalue weighted by Gasteiger charge is 2.19. The molecule has 0 fully saturated rings. The number of nitrogens with one attached hydrogen (secondary N) is 1. The standard InChI is InChI=1S/C23H23FN4O3/c24-19-8-7-17(13-18(19)23-27-26-21-4-2-1-3-11-28(21)23)25-22(31)10-6-15-5-9-20(30)16(12-15)14-29/h5,7-9,12-14,30H,1-4,6,10-11H2,(H,25,31). The lowest BCUT2D eigenvalue weighted by atomic mass is 10.1. The smallest absolute Gasteiger partial charge is 0.224 e. The van der Waals surface area contributed by atoms with E-state index in [0.29, 0.717) is 29.8 Å². The number of aromatic hydroxyl groups is 1. The van der Waals surface area contributed by atoms with E-state index in [1.807, 2.05) is 4.57 Å². The van der Waals surface area contributed by atoms with Crippen LogP contribution in [-0.2, 0) is 24.2 Å². The third kappa shape index (κ3) is 4.63. The van der Waals surface area contributed by atoms with Crippen molar-refractivity contribution in [3.05, 3.63) is 59.2 Å². The van der Waals surface area contributed by atoms with Crippen LogP contribution in [0.1, 0.15) is 47.4 Å². The van der Waals surface area contributed by atoms with Crippen molar-refractivity contribution in [3.8, 4) is 17.1 Å². The van der Waals surface area contributed by atoms with Crippen molar-refractivity contribution in [2.24, 2.45) is 0 Å². The van der Waals surface area contributed by atoms with Crippen LogP contribution in [0.5, 0.6) is 5.75 Å². The number of fused-ring (bicyclic) bond motifs is 1. The van der Waals surface area contributed by atoms with Crippen LogP contribution in [0.4, 0.5) is 10.1 Å². The number of benzene rings is 2. The molecule has 0 spiro atoms. The van der Waals surface area contributed by atoms with Crippen LogP contribution in [0, 0.1) is 5.82 Å². The highest BCUT2D eigenvalue weighted by atomic mass is 19.1. The van der Waals surface area contributed by atoms with Gasteiger partial charge in [-0.1, -0.05) is 12.5 Å². The van der Waals surface area contributed by atoms with E-state index in [4.69, 9.17) is 0 Å². The van der Waals surface area contributed by atoms with Gasteiger partial charge in [-0.25, -0.2) is 4.39 Å². The average molecular weight is 422 g/mol. The fourth-order valence-electron chi connectivity index (χ4n) is 3.79.